The molecule has 2 aromatic rings. The molecule has 0 radical (unpaired) electrons. The van der Waals surface area contributed by atoms with Crippen molar-refractivity contribution in [1.29, 1.82) is 0 Å². The lowest BCUT2D eigenvalue weighted by molar-refractivity contribution is 0.518. The molecule has 0 aliphatic heterocycles. The molecule has 2 heteroatoms. The van der Waals surface area contributed by atoms with Crippen molar-refractivity contribution >= 4 is 17.1 Å². The smallest absolute Gasteiger partial charge is 0.137 e. The molecule has 0 N–H and O–H groups in total. The number of benzene rings is 1. The number of rotatable bonds is 3. The van der Waals surface area contributed by atoms with Gasteiger partial charge in [0.25, 0.3) is 0 Å². The van der Waals surface area contributed by atoms with Crippen molar-refractivity contribution in [2.24, 2.45) is 0 Å². The SMILES string of the molecule is C=C(Oc1ccc(C)cc1)c1sccc1C. The molecular formula is C14H14OS. The van der Waals surface area contributed by atoms with Gasteiger partial charge in [-0.1, -0.05) is 24.3 Å². The third kappa shape index (κ3) is 2.34. The Balaban J connectivity index is 2.14. The van der Waals surface area contributed by atoms with Crippen LogP contribution in [0.15, 0.2) is 42.3 Å². The minimum Gasteiger partial charge on any atom is -0.457 e. The molecule has 1 nitrogen and oxygen atoms in total. The summed E-state index contributed by atoms with van der Waals surface area (Å²) < 4.78 is 5.71. The van der Waals surface area contributed by atoms with Crippen molar-refractivity contribution in [1.82, 2.24) is 0 Å². The molecule has 0 bridgehead atoms. The highest BCUT2D eigenvalue weighted by atomic mass is 32.1. The average molecular weight is 230 g/mol. The summed E-state index contributed by atoms with van der Waals surface area (Å²) in [6.45, 7) is 8.09. The van der Waals surface area contributed by atoms with E-state index in [2.05, 4.69) is 26.5 Å². The number of aryl methyl sites for hydroxylation is 2. The number of hydrogen-bond acceptors (Lipinski definition) is 2. The molecule has 1 aromatic heterocycles. The molecule has 1 heterocycles. The van der Waals surface area contributed by atoms with E-state index in [9.17, 15) is 0 Å². The third-order valence-corrected chi connectivity index (χ3v) is 3.43. The quantitative estimate of drug-likeness (QED) is 0.709. The van der Waals surface area contributed by atoms with E-state index in [-0.39, 0.29) is 0 Å². The lowest BCUT2D eigenvalue weighted by Gasteiger charge is -2.08. The molecule has 0 saturated carbocycles. The maximum absolute atomic E-state index is 5.71. The highest BCUT2D eigenvalue weighted by Gasteiger charge is 2.06. The first-order chi connectivity index (χ1) is 7.66. The average Bonchev–Trinajstić information content (AvgIpc) is 2.68. The van der Waals surface area contributed by atoms with Crippen LogP contribution in [0.2, 0.25) is 0 Å². The monoisotopic (exact) mass is 230 g/mol. The van der Waals surface area contributed by atoms with Crippen molar-refractivity contribution in [3.05, 3.63) is 58.3 Å². The topological polar surface area (TPSA) is 9.23 Å². The Hall–Kier alpha value is -1.54. The van der Waals surface area contributed by atoms with E-state index < -0.39 is 0 Å². The van der Waals surface area contributed by atoms with Gasteiger partial charge in [-0.25, -0.2) is 0 Å². The molecule has 0 saturated heterocycles. The van der Waals surface area contributed by atoms with Crippen LogP contribution in [0, 0.1) is 13.8 Å². The normalized spacial score (nSPS) is 10.1. The van der Waals surface area contributed by atoms with Gasteiger partial charge in [-0.15, -0.1) is 11.3 Å². The van der Waals surface area contributed by atoms with Gasteiger partial charge < -0.3 is 4.74 Å². The van der Waals surface area contributed by atoms with Gasteiger partial charge in [0, 0.05) is 0 Å². The van der Waals surface area contributed by atoms with E-state index in [4.69, 9.17) is 4.74 Å². The number of hydrogen-bond donors (Lipinski definition) is 0. The van der Waals surface area contributed by atoms with Crippen LogP contribution in [0.4, 0.5) is 0 Å². The Morgan fingerprint density at radius 2 is 1.81 bits per heavy atom. The third-order valence-electron chi connectivity index (χ3n) is 2.38. The van der Waals surface area contributed by atoms with Gasteiger partial charge in [0.1, 0.15) is 11.5 Å². The molecule has 16 heavy (non-hydrogen) atoms. The van der Waals surface area contributed by atoms with Gasteiger partial charge in [0.2, 0.25) is 0 Å². The van der Waals surface area contributed by atoms with E-state index in [1.807, 2.05) is 29.6 Å². The summed E-state index contributed by atoms with van der Waals surface area (Å²) in [7, 11) is 0. The molecule has 0 fully saturated rings. The molecule has 0 atom stereocenters. The van der Waals surface area contributed by atoms with Crippen LogP contribution in [-0.4, -0.2) is 0 Å². The minimum absolute atomic E-state index is 0.719. The van der Waals surface area contributed by atoms with Crippen LogP contribution >= 0.6 is 11.3 Å². The van der Waals surface area contributed by atoms with Crippen molar-refractivity contribution in [3.8, 4) is 5.75 Å². The lowest BCUT2D eigenvalue weighted by atomic mass is 10.2. The fraction of sp³-hybridized carbons (Fsp3) is 0.143. The maximum Gasteiger partial charge on any atom is 0.137 e. The predicted molar refractivity (Wildman–Crippen MR) is 69.9 cm³/mol. The highest BCUT2D eigenvalue weighted by molar-refractivity contribution is 7.11. The summed E-state index contributed by atoms with van der Waals surface area (Å²) in [5.74, 6) is 1.56. The van der Waals surface area contributed by atoms with Gasteiger partial charge in [-0.05, 0) is 43.0 Å². The maximum atomic E-state index is 5.71. The summed E-state index contributed by atoms with van der Waals surface area (Å²) in [5, 5.41) is 2.05. The zero-order valence-electron chi connectivity index (χ0n) is 9.49. The van der Waals surface area contributed by atoms with Crippen molar-refractivity contribution in [2.75, 3.05) is 0 Å². The van der Waals surface area contributed by atoms with Crippen LogP contribution in [0.5, 0.6) is 5.75 Å². The Kier molecular flexibility index (Phi) is 3.11. The van der Waals surface area contributed by atoms with Gasteiger partial charge in [-0.2, -0.15) is 0 Å². The van der Waals surface area contributed by atoms with Gasteiger partial charge >= 0.3 is 0 Å². The largest absolute Gasteiger partial charge is 0.457 e. The highest BCUT2D eigenvalue weighted by Crippen LogP contribution is 2.26. The van der Waals surface area contributed by atoms with Gasteiger partial charge in [0.15, 0.2) is 0 Å². The Morgan fingerprint density at radius 1 is 1.12 bits per heavy atom. The summed E-state index contributed by atoms with van der Waals surface area (Å²) in [6, 6.07) is 10.1. The summed E-state index contributed by atoms with van der Waals surface area (Å²) in [6.07, 6.45) is 0. The van der Waals surface area contributed by atoms with E-state index in [0.29, 0.717) is 0 Å². The Morgan fingerprint density at radius 3 is 2.38 bits per heavy atom. The first-order valence-electron chi connectivity index (χ1n) is 5.15. The molecule has 0 unspecified atom stereocenters. The zero-order valence-corrected chi connectivity index (χ0v) is 10.3. The lowest BCUT2D eigenvalue weighted by Crippen LogP contribution is -1.92. The van der Waals surface area contributed by atoms with Crippen molar-refractivity contribution in [3.63, 3.8) is 0 Å². The summed E-state index contributed by atoms with van der Waals surface area (Å²) in [4.78, 5) is 1.11. The van der Waals surface area contributed by atoms with Crippen LogP contribution in [0.25, 0.3) is 5.76 Å². The Bertz CT molecular complexity index is 494. The van der Waals surface area contributed by atoms with Crippen LogP contribution in [0.1, 0.15) is 16.0 Å². The van der Waals surface area contributed by atoms with Gasteiger partial charge in [0.05, 0.1) is 4.88 Å². The fourth-order valence-electron chi connectivity index (χ4n) is 1.45. The first-order valence-corrected chi connectivity index (χ1v) is 6.02. The van der Waals surface area contributed by atoms with E-state index in [1.54, 1.807) is 11.3 Å². The van der Waals surface area contributed by atoms with E-state index in [0.717, 1.165) is 16.4 Å². The molecule has 0 amide bonds. The van der Waals surface area contributed by atoms with Crippen LogP contribution < -0.4 is 4.74 Å². The van der Waals surface area contributed by atoms with Crippen molar-refractivity contribution in [2.45, 2.75) is 13.8 Å². The second-order valence-corrected chi connectivity index (χ2v) is 4.69. The van der Waals surface area contributed by atoms with Gasteiger partial charge in [-0.3, -0.25) is 0 Å². The second-order valence-electron chi connectivity index (χ2n) is 3.77. The molecule has 0 aliphatic carbocycles. The van der Waals surface area contributed by atoms with E-state index >= 15 is 0 Å². The number of thiophene rings is 1. The van der Waals surface area contributed by atoms with Crippen LogP contribution in [0.3, 0.4) is 0 Å². The molecule has 82 valence electrons. The Labute approximate surface area is 100 Å². The zero-order chi connectivity index (χ0) is 11.5. The molecular weight excluding hydrogens is 216 g/mol. The number of ether oxygens (including phenoxy) is 1. The fourth-order valence-corrected chi connectivity index (χ4v) is 2.29. The summed E-state index contributed by atoms with van der Waals surface area (Å²) >= 11 is 1.66. The minimum atomic E-state index is 0.719. The molecule has 2 rings (SSSR count). The second kappa shape index (κ2) is 4.54. The predicted octanol–water partition coefficient (Wildman–Crippen LogP) is 4.41. The molecule has 0 spiro atoms. The molecule has 1 aromatic carbocycles. The van der Waals surface area contributed by atoms with Crippen LogP contribution in [-0.2, 0) is 0 Å². The standard InChI is InChI=1S/C14H14OS/c1-10-4-6-13(7-5-10)15-12(3)14-11(2)8-9-16-14/h4-9H,3H2,1-2H3. The summed E-state index contributed by atoms with van der Waals surface area (Å²) in [5.41, 5.74) is 2.44. The first kappa shape index (κ1) is 11.0. The van der Waals surface area contributed by atoms with Crippen molar-refractivity contribution < 1.29 is 4.74 Å². The van der Waals surface area contributed by atoms with E-state index in [1.165, 1.54) is 11.1 Å². The molecule has 0 aliphatic rings.